The molecule has 0 amide bonds. The Hall–Kier alpha value is -3.05. The summed E-state index contributed by atoms with van der Waals surface area (Å²) in [6.07, 6.45) is 12.7. The SMILES string of the molecule is C=CC(=O)CC1CCC=C(c2ccnc3[nH]cc(-c4ccc(CO)nc4)c23)C1. The van der Waals surface area contributed by atoms with Gasteiger partial charge < -0.3 is 10.1 Å². The minimum Gasteiger partial charge on any atom is -0.390 e. The first-order valence-electron chi connectivity index (χ1n) is 9.56. The van der Waals surface area contributed by atoms with Crippen molar-refractivity contribution in [2.24, 2.45) is 5.92 Å². The number of aromatic nitrogens is 3. The van der Waals surface area contributed by atoms with Gasteiger partial charge in [-0.25, -0.2) is 4.98 Å². The van der Waals surface area contributed by atoms with Crippen LogP contribution < -0.4 is 0 Å². The third-order valence-electron chi connectivity index (χ3n) is 5.41. The van der Waals surface area contributed by atoms with Crippen LogP contribution in [0, 0.1) is 5.92 Å². The number of carbonyl (C=O) groups excluding carboxylic acids is 1. The van der Waals surface area contributed by atoms with E-state index in [2.05, 4.69) is 33.7 Å². The second-order valence-corrected chi connectivity index (χ2v) is 7.23. The van der Waals surface area contributed by atoms with Crippen LogP contribution in [0.3, 0.4) is 0 Å². The Bertz CT molecular complexity index is 1050. The first-order chi connectivity index (χ1) is 13.7. The maximum atomic E-state index is 11.8. The van der Waals surface area contributed by atoms with Crippen LogP contribution in [0.1, 0.15) is 36.9 Å². The third-order valence-corrected chi connectivity index (χ3v) is 5.41. The molecular weight excluding hydrogens is 350 g/mol. The molecule has 0 saturated heterocycles. The smallest absolute Gasteiger partial charge is 0.155 e. The normalized spacial score (nSPS) is 16.8. The standard InChI is InChI=1S/C23H23N3O2/c1-2-19(28)11-15-4-3-5-16(10-15)20-8-9-24-23-22(20)21(13-26-23)17-6-7-18(14-27)25-12-17/h2,5-9,12-13,15,27H,1,3-4,10-11,14H2,(H,24,26). The van der Waals surface area contributed by atoms with Gasteiger partial charge in [-0.1, -0.05) is 18.7 Å². The second kappa shape index (κ2) is 7.90. The zero-order valence-electron chi connectivity index (χ0n) is 15.7. The van der Waals surface area contributed by atoms with Crippen molar-refractivity contribution in [2.45, 2.75) is 32.3 Å². The van der Waals surface area contributed by atoms with Crippen molar-refractivity contribution < 1.29 is 9.90 Å². The maximum Gasteiger partial charge on any atom is 0.155 e. The topological polar surface area (TPSA) is 78.9 Å². The van der Waals surface area contributed by atoms with Crippen molar-refractivity contribution in [1.82, 2.24) is 15.0 Å². The molecule has 1 atom stereocenters. The summed E-state index contributed by atoms with van der Waals surface area (Å²) < 4.78 is 0. The summed E-state index contributed by atoms with van der Waals surface area (Å²) >= 11 is 0. The Balaban J connectivity index is 1.73. The second-order valence-electron chi connectivity index (χ2n) is 7.23. The molecule has 0 fully saturated rings. The number of rotatable bonds is 6. The van der Waals surface area contributed by atoms with Crippen LogP contribution >= 0.6 is 0 Å². The molecule has 1 aliphatic rings. The molecule has 28 heavy (non-hydrogen) atoms. The molecule has 2 N–H and O–H groups in total. The predicted octanol–water partition coefficient (Wildman–Crippen LogP) is 4.45. The fourth-order valence-electron chi connectivity index (χ4n) is 3.98. The lowest BCUT2D eigenvalue weighted by Crippen LogP contribution is -2.11. The highest BCUT2D eigenvalue weighted by atomic mass is 16.3. The van der Waals surface area contributed by atoms with Gasteiger partial charge in [0.05, 0.1) is 12.3 Å². The summed E-state index contributed by atoms with van der Waals surface area (Å²) in [5, 5.41) is 10.3. The molecule has 0 spiro atoms. The van der Waals surface area contributed by atoms with Gasteiger partial charge in [0.25, 0.3) is 0 Å². The number of pyridine rings is 2. The largest absolute Gasteiger partial charge is 0.390 e. The number of aliphatic hydroxyl groups is 1. The van der Waals surface area contributed by atoms with Gasteiger partial charge in [0.15, 0.2) is 5.78 Å². The number of hydrogen-bond donors (Lipinski definition) is 2. The fraction of sp³-hybridized carbons (Fsp3) is 0.261. The number of nitrogens with one attached hydrogen (secondary N) is 1. The van der Waals surface area contributed by atoms with E-state index in [0.29, 0.717) is 18.0 Å². The van der Waals surface area contributed by atoms with Crippen LogP contribution in [-0.2, 0) is 11.4 Å². The molecule has 3 aromatic rings. The van der Waals surface area contributed by atoms with Crippen LogP contribution in [-0.4, -0.2) is 25.8 Å². The average Bonchev–Trinajstić information content (AvgIpc) is 3.18. The number of ketones is 1. The van der Waals surface area contributed by atoms with Gasteiger partial charge in [-0.2, -0.15) is 0 Å². The molecule has 4 rings (SSSR count). The highest BCUT2D eigenvalue weighted by Gasteiger charge is 2.21. The number of carbonyl (C=O) groups is 1. The number of nitrogens with zero attached hydrogens (tertiary/aromatic N) is 2. The van der Waals surface area contributed by atoms with Gasteiger partial charge in [-0.3, -0.25) is 9.78 Å². The Morgan fingerprint density at radius 2 is 2.18 bits per heavy atom. The van der Waals surface area contributed by atoms with Crippen LogP contribution in [0.15, 0.2) is 55.5 Å². The van der Waals surface area contributed by atoms with Crippen LogP contribution in [0.25, 0.3) is 27.7 Å². The Morgan fingerprint density at radius 1 is 1.29 bits per heavy atom. The number of H-pyrrole nitrogens is 1. The summed E-state index contributed by atoms with van der Waals surface area (Å²) in [7, 11) is 0. The number of allylic oxidation sites excluding steroid dienone is 3. The summed E-state index contributed by atoms with van der Waals surface area (Å²) in [4.78, 5) is 23.9. The van der Waals surface area contributed by atoms with E-state index in [9.17, 15) is 9.90 Å². The van der Waals surface area contributed by atoms with E-state index in [4.69, 9.17) is 0 Å². The highest BCUT2D eigenvalue weighted by molar-refractivity contribution is 6.01. The van der Waals surface area contributed by atoms with Crippen LogP contribution in [0.5, 0.6) is 0 Å². The molecule has 5 nitrogen and oxygen atoms in total. The zero-order valence-corrected chi connectivity index (χ0v) is 15.7. The van der Waals surface area contributed by atoms with Crippen molar-refractivity contribution in [3.8, 4) is 11.1 Å². The van der Waals surface area contributed by atoms with Gasteiger partial charge in [0.2, 0.25) is 0 Å². The molecule has 0 aromatic carbocycles. The first kappa shape index (κ1) is 18.3. The lowest BCUT2D eigenvalue weighted by Gasteiger charge is -2.22. The molecule has 0 saturated carbocycles. The van der Waals surface area contributed by atoms with Gasteiger partial charge in [-0.05, 0) is 54.5 Å². The number of fused-ring (bicyclic) bond motifs is 1. The van der Waals surface area contributed by atoms with Crippen molar-refractivity contribution in [2.75, 3.05) is 0 Å². The Kier molecular flexibility index (Phi) is 5.17. The Morgan fingerprint density at radius 3 is 2.93 bits per heavy atom. The van der Waals surface area contributed by atoms with Crippen LogP contribution in [0.4, 0.5) is 0 Å². The summed E-state index contributed by atoms with van der Waals surface area (Å²) in [5.41, 5.74) is 5.92. The molecule has 0 aliphatic heterocycles. The molecule has 5 heteroatoms. The quantitative estimate of drug-likeness (QED) is 0.626. The monoisotopic (exact) mass is 373 g/mol. The number of aromatic amines is 1. The van der Waals surface area contributed by atoms with E-state index in [1.807, 2.05) is 24.5 Å². The fourth-order valence-corrected chi connectivity index (χ4v) is 3.98. The van der Waals surface area contributed by atoms with Gasteiger partial charge in [0, 0.05) is 41.5 Å². The van der Waals surface area contributed by atoms with E-state index in [1.54, 1.807) is 6.20 Å². The molecule has 1 aliphatic carbocycles. The van der Waals surface area contributed by atoms with E-state index < -0.39 is 0 Å². The molecule has 142 valence electrons. The van der Waals surface area contributed by atoms with Gasteiger partial charge >= 0.3 is 0 Å². The first-order valence-corrected chi connectivity index (χ1v) is 9.56. The maximum absolute atomic E-state index is 11.8. The molecule has 0 bridgehead atoms. The van der Waals surface area contributed by atoms with E-state index >= 15 is 0 Å². The summed E-state index contributed by atoms with van der Waals surface area (Å²) in [6.45, 7) is 3.53. The molecule has 0 radical (unpaired) electrons. The molecule has 3 aromatic heterocycles. The molecule has 3 heterocycles. The van der Waals surface area contributed by atoms with E-state index in [1.165, 1.54) is 11.6 Å². The van der Waals surface area contributed by atoms with Gasteiger partial charge in [-0.15, -0.1) is 0 Å². The summed E-state index contributed by atoms with van der Waals surface area (Å²) in [5.74, 6) is 0.463. The Labute approximate surface area is 163 Å². The summed E-state index contributed by atoms with van der Waals surface area (Å²) in [6, 6.07) is 5.86. The van der Waals surface area contributed by atoms with Crippen molar-refractivity contribution in [3.05, 3.63) is 66.8 Å². The average molecular weight is 373 g/mol. The van der Waals surface area contributed by atoms with Crippen molar-refractivity contribution in [1.29, 1.82) is 0 Å². The van der Waals surface area contributed by atoms with E-state index in [0.717, 1.165) is 47.0 Å². The van der Waals surface area contributed by atoms with E-state index in [-0.39, 0.29) is 12.4 Å². The molecule has 1 unspecified atom stereocenters. The minimum atomic E-state index is -0.0708. The predicted molar refractivity (Wildman–Crippen MR) is 110 cm³/mol. The minimum absolute atomic E-state index is 0.0708. The third kappa shape index (κ3) is 3.53. The van der Waals surface area contributed by atoms with Crippen molar-refractivity contribution >= 4 is 22.4 Å². The van der Waals surface area contributed by atoms with Gasteiger partial charge in [0.1, 0.15) is 5.65 Å². The number of hydrogen-bond acceptors (Lipinski definition) is 4. The van der Waals surface area contributed by atoms with Crippen LogP contribution in [0.2, 0.25) is 0 Å². The molecular formula is C23H23N3O2. The van der Waals surface area contributed by atoms with Crippen molar-refractivity contribution in [3.63, 3.8) is 0 Å². The lowest BCUT2D eigenvalue weighted by molar-refractivity contribution is -0.115. The number of aliphatic hydroxyl groups excluding tert-OH is 1. The zero-order chi connectivity index (χ0) is 19.5. The highest BCUT2D eigenvalue weighted by Crippen LogP contribution is 2.39. The lowest BCUT2D eigenvalue weighted by atomic mass is 9.82.